The molecule has 0 N–H and O–H groups in total. The van der Waals surface area contributed by atoms with Gasteiger partial charge in [-0.25, -0.2) is 0 Å². The van der Waals surface area contributed by atoms with E-state index in [4.69, 9.17) is 4.74 Å². The van der Waals surface area contributed by atoms with Gasteiger partial charge in [0.25, 0.3) is 0 Å². The molecule has 128 valence electrons. The highest BCUT2D eigenvalue weighted by Crippen LogP contribution is 2.61. The van der Waals surface area contributed by atoms with Crippen molar-refractivity contribution in [2.75, 3.05) is 7.11 Å². The summed E-state index contributed by atoms with van der Waals surface area (Å²) in [4.78, 5) is 12.9. The smallest absolute Gasteiger partial charge is 0.310 e. The largest absolute Gasteiger partial charge is 0.469 e. The van der Waals surface area contributed by atoms with Gasteiger partial charge in [-0.1, -0.05) is 78.9 Å². The van der Waals surface area contributed by atoms with Crippen molar-refractivity contribution in [2.24, 2.45) is 5.92 Å². The molecule has 2 bridgehead atoms. The quantitative estimate of drug-likeness (QED) is 0.623. The molecule has 0 aromatic heterocycles. The fraction of sp³-hybridized carbons (Fsp3) is 0.208. The second kappa shape index (κ2) is 5.84. The number of hydrogen-bond acceptors (Lipinski definition) is 2. The van der Waals surface area contributed by atoms with Crippen LogP contribution in [0.2, 0.25) is 0 Å². The standard InChI is InChI=1S/C24H20O2/c1-26-24(25)23-20(15-9-3-2-4-10-15)21-16-11-5-7-13-18(16)22(23)19-14-8-6-12-17(19)21/h2-14,20-23H,1H3. The summed E-state index contributed by atoms with van der Waals surface area (Å²) in [5.74, 6) is 0.0115. The molecule has 0 heterocycles. The van der Waals surface area contributed by atoms with E-state index in [-0.39, 0.29) is 29.6 Å². The van der Waals surface area contributed by atoms with E-state index in [2.05, 4.69) is 72.8 Å². The number of benzene rings is 3. The summed E-state index contributed by atoms with van der Waals surface area (Å²) in [7, 11) is 1.50. The molecular formula is C24H20O2. The molecule has 2 unspecified atom stereocenters. The third kappa shape index (κ3) is 2.02. The first-order valence-electron chi connectivity index (χ1n) is 9.11. The van der Waals surface area contributed by atoms with Crippen LogP contribution in [0.3, 0.4) is 0 Å². The van der Waals surface area contributed by atoms with Crippen LogP contribution < -0.4 is 0 Å². The Kier molecular flexibility index (Phi) is 3.46. The third-order valence-corrected chi connectivity index (χ3v) is 6.10. The number of ether oxygens (including phenoxy) is 1. The van der Waals surface area contributed by atoms with E-state index in [1.165, 1.54) is 34.9 Å². The van der Waals surface area contributed by atoms with E-state index in [1.54, 1.807) is 0 Å². The number of hydrogen-bond donors (Lipinski definition) is 0. The molecule has 3 aliphatic carbocycles. The Balaban J connectivity index is 1.82. The van der Waals surface area contributed by atoms with Crippen LogP contribution in [0.5, 0.6) is 0 Å². The molecule has 2 heteroatoms. The molecule has 0 amide bonds. The van der Waals surface area contributed by atoms with Gasteiger partial charge in [0.15, 0.2) is 0 Å². The highest BCUT2D eigenvalue weighted by Gasteiger charge is 2.53. The molecule has 0 aliphatic heterocycles. The van der Waals surface area contributed by atoms with Crippen LogP contribution in [-0.4, -0.2) is 13.1 Å². The van der Waals surface area contributed by atoms with Gasteiger partial charge < -0.3 is 4.74 Å². The van der Waals surface area contributed by atoms with E-state index in [0.717, 1.165) is 0 Å². The SMILES string of the molecule is COC(=O)C1C2c3ccccc3C(c3ccccc32)C1c1ccccc1. The Morgan fingerprint density at radius 3 is 1.65 bits per heavy atom. The molecule has 0 fully saturated rings. The van der Waals surface area contributed by atoms with Crippen molar-refractivity contribution in [3.05, 3.63) is 107 Å². The summed E-state index contributed by atoms with van der Waals surface area (Å²) in [6.45, 7) is 0. The second-order valence-electron chi connectivity index (χ2n) is 7.20. The average molecular weight is 340 g/mol. The first-order valence-corrected chi connectivity index (χ1v) is 9.11. The van der Waals surface area contributed by atoms with E-state index in [9.17, 15) is 4.79 Å². The summed E-state index contributed by atoms with van der Waals surface area (Å²) >= 11 is 0. The Labute approximate surface area is 153 Å². The zero-order valence-electron chi connectivity index (χ0n) is 14.6. The number of fused-ring (bicyclic) bond motifs is 1. The van der Waals surface area contributed by atoms with Gasteiger partial charge in [-0.15, -0.1) is 0 Å². The molecular weight excluding hydrogens is 320 g/mol. The van der Waals surface area contributed by atoms with Gasteiger partial charge >= 0.3 is 5.97 Å². The lowest BCUT2D eigenvalue weighted by atomic mass is 9.53. The Hall–Kier alpha value is -2.87. The van der Waals surface area contributed by atoms with E-state index < -0.39 is 0 Å². The number of esters is 1. The van der Waals surface area contributed by atoms with Crippen LogP contribution in [0.1, 0.15) is 45.6 Å². The minimum atomic E-state index is -0.197. The van der Waals surface area contributed by atoms with Crippen LogP contribution in [0.25, 0.3) is 0 Å². The first-order chi connectivity index (χ1) is 12.8. The lowest BCUT2D eigenvalue weighted by Crippen LogP contribution is -2.42. The molecule has 0 saturated carbocycles. The molecule has 26 heavy (non-hydrogen) atoms. The van der Waals surface area contributed by atoms with Crippen molar-refractivity contribution in [2.45, 2.75) is 17.8 Å². The fourth-order valence-corrected chi connectivity index (χ4v) is 5.17. The van der Waals surface area contributed by atoms with Gasteiger partial charge in [-0.2, -0.15) is 0 Å². The van der Waals surface area contributed by atoms with Gasteiger partial charge in [0, 0.05) is 17.8 Å². The van der Waals surface area contributed by atoms with E-state index in [0.29, 0.717) is 0 Å². The van der Waals surface area contributed by atoms with Crippen LogP contribution in [0, 0.1) is 5.92 Å². The average Bonchev–Trinajstić information content (AvgIpc) is 2.73. The number of carbonyl (C=O) groups excluding carboxylic acids is 1. The molecule has 3 aromatic carbocycles. The minimum Gasteiger partial charge on any atom is -0.469 e. The molecule has 0 radical (unpaired) electrons. The monoisotopic (exact) mass is 340 g/mol. The van der Waals surface area contributed by atoms with Gasteiger partial charge in [0.2, 0.25) is 0 Å². The summed E-state index contributed by atoms with van der Waals surface area (Å²) in [6, 6.07) is 27.6. The van der Waals surface area contributed by atoms with Crippen LogP contribution in [0.4, 0.5) is 0 Å². The van der Waals surface area contributed by atoms with Crippen LogP contribution >= 0.6 is 0 Å². The molecule has 2 nitrogen and oxygen atoms in total. The third-order valence-electron chi connectivity index (χ3n) is 6.10. The van der Waals surface area contributed by atoms with Crippen molar-refractivity contribution < 1.29 is 9.53 Å². The number of methoxy groups -OCH3 is 1. The van der Waals surface area contributed by atoms with Gasteiger partial charge in [-0.3, -0.25) is 4.79 Å². The molecule has 3 aromatic rings. The molecule has 0 spiro atoms. The Bertz CT molecular complexity index is 929. The molecule has 2 atom stereocenters. The lowest BCUT2D eigenvalue weighted by molar-refractivity contribution is -0.147. The van der Waals surface area contributed by atoms with Crippen LogP contribution in [-0.2, 0) is 9.53 Å². The number of rotatable bonds is 2. The Morgan fingerprint density at radius 1 is 0.692 bits per heavy atom. The Morgan fingerprint density at radius 2 is 1.15 bits per heavy atom. The lowest BCUT2D eigenvalue weighted by Gasteiger charge is -2.49. The van der Waals surface area contributed by atoms with Crippen molar-refractivity contribution in [1.82, 2.24) is 0 Å². The van der Waals surface area contributed by atoms with Crippen molar-refractivity contribution in [1.29, 1.82) is 0 Å². The highest BCUT2D eigenvalue weighted by molar-refractivity contribution is 5.79. The molecule has 3 aliphatic rings. The normalized spacial score (nSPS) is 25.3. The van der Waals surface area contributed by atoms with Crippen molar-refractivity contribution in [3.63, 3.8) is 0 Å². The van der Waals surface area contributed by atoms with Crippen molar-refractivity contribution in [3.8, 4) is 0 Å². The fourth-order valence-electron chi connectivity index (χ4n) is 5.17. The zero-order chi connectivity index (χ0) is 17.7. The number of carbonyl (C=O) groups is 1. The molecule has 0 saturated heterocycles. The van der Waals surface area contributed by atoms with Gasteiger partial charge in [0.1, 0.15) is 0 Å². The van der Waals surface area contributed by atoms with E-state index in [1.807, 2.05) is 6.07 Å². The highest BCUT2D eigenvalue weighted by atomic mass is 16.5. The zero-order valence-corrected chi connectivity index (χ0v) is 14.6. The predicted molar refractivity (Wildman–Crippen MR) is 101 cm³/mol. The summed E-state index contributed by atoms with van der Waals surface area (Å²) in [5.41, 5.74) is 6.47. The second-order valence-corrected chi connectivity index (χ2v) is 7.20. The molecule has 6 rings (SSSR count). The summed E-state index contributed by atoms with van der Waals surface area (Å²) in [5, 5.41) is 0. The maximum absolute atomic E-state index is 12.9. The van der Waals surface area contributed by atoms with E-state index >= 15 is 0 Å². The minimum absolute atomic E-state index is 0.0463. The first kappa shape index (κ1) is 15.4. The topological polar surface area (TPSA) is 26.3 Å². The maximum atomic E-state index is 12.9. The van der Waals surface area contributed by atoms with Crippen molar-refractivity contribution >= 4 is 5.97 Å². The maximum Gasteiger partial charge on any atom is 0.310 e. The summed E-state index contributed by atoms with van der Waals surface area (Å²) < 4.78 is 5.29. The van der Waals surface area contributed by atoms with Crippen LogP contribution in [0.15, 0.2) is 78.9 Å². The van der Waals surface area contributed by atoms with Gasteiger partial charge in [-0.05, 0) is 27.8 Å². The summed E-state index contributed by atoms with van der Waals surface area (Å²) in [6.07, 6.45) is 0. The van der Waals surface area contributed by atoms with Gasteiger partial charge in [0.05, 0.1) is 13.0 Å². The predicted octanol–water partition coefficient (Wildman–Crippen LogP) is 4.85.